The fourth-order valence-corrected chi connectivity index (χ4v) is 2.65. The van der Waals surface area contributed by atoms with Gasteiger partial charge in [0, 0.05) is 29.2 Å². The van der Waals surface area contributed by atoms with E-state index in [4.69, 9.17) is 16.3 Å². The second kappa shape index (κ2) is 6.84. The molecule has 0 aliphatic rings. The Morgan fingerprint density at radius 3 is 2.78 bits per heavy atom. The fourth-order valence-electron chi connectivity index (χ4n) is 2.46. The third-order valence-corrected chi connectivity index (χ3v) is 3.84. The maximum atomic E-state index is 6.13. The van der Waals surface area contributed by atoms with E-state index in [1.807, 2.05) is 50.5 Å². The van der Waals surface area contributed by atoms with Crippen LogP contribution >= 0.6 is 11.6 Å². The minimum Gasteiger partial charge on any atom is -0.478 e. The zero-order valence-corrected chi connectivity index (χ0v) is 13.9. The molecule has 3 rings (SSSR count). The second-order valence-corrected chi connectivity index (χ2v) is 5.68. The molecule has 23 heavy (non-hydrogen) atoms. The van der Waals surface area contributed by atoms with Gasteiger partial charge in [-0.15, -0.1) is 0 Å². The molecular formula is C18H18ClN3O. The van der Waals surface area contributed by atoms with Crippen LogP contribution in [0, 0.1) is 6.92 Å². The Kier molecular flexibility index (Phi) is 4.63. The zero-order chi connectivity index (χ0) is 16.2. The first-order valence-corrected chi connectivity index (χ1v) is 7.90. The van der Waals surface area contributed by atoms with E-state index >= 15 is 0 Å². The molecule has 0 bridgehead atoms. The summed E-state index contributed by atoms with van der Waals surface area (Å²) in [5, 5.41) is 0.695. The number of halogens is 1. The zero-order valence-electron chi connectivity index (χ0n) is 13.2. The number of pyridine rings is 1. The van der Waals surface area contributed by atoms with E-state index in [0.29, 0.717) is 17.5 Å². The quantitative estimate of drug-likeness (QED) is 0.699. The summed E-state index contributed by atoms with van der Waals surface area (Å²) in [4.78, 5) is 8.74. The highest BCUT2D eigenvalue weighted by Gasteiger charge is 2.10. The molecule has 2 aromatic heterocycles. The van der Waals surface area contributed by atoms with Gasteiger partial charge in [-0.1, -0.05) is 23.7 Å². The Labute approximate surface area is 140 Å². The number of rotatable bonds is 5. The van der Waals surface area contributed by atoms with Crippen molar-refractivity contribution in [2.45, 2.75) is 20.4 Å². The van der Waals surface area contributed by atoms with Gasteiger partial charge in [-0.2, -0.15) is 0 Å². The summed E-state index contributed by atoms with van der Waals surface area (Å²) in [6, 6.07) is 9.83. The largest absolute Gasteiger partial charge is 0.478 e. The summed E-state index contributed by atoms with van der Waals surface area (Å²) in [6.07, 6.45) is 5.61. The number of aromatic nitrogens is 3. The van der Waals surface area contributed by atoms with Crippen molar-refractivity contribution in [3.63, 3.8) is 0 Å². The monoisotopic (exact) mass is 327 g/mol. The lowest BCUT2D eigenvalue weighted by Crippen LogP contribution is -2.03. The van der Waals surface area contributed by atoms with Gasteiger partial charge in [-0.3, -0.25) is 0 Å². The molecule has 118 valence electrons. The van der Waals surface area contributed by atoms with Crippen LogP contribution < -0.4 is 4.74 Å². The minimum atomic E-state index is 0.570. The minimum absolute atomic E-state index is 0.570. The van der Waals surface area contributed by atoms with Gasteiger partial charge in [-0.05, 0) is 43.2 Å². The van der Waals surface area contributed by atoms with Crippen LogP contribution in [0.3, 0.4) is 0 Å². The lowest BCUT2D eigenvalue weighted by molar-refractivity contribution is 0.328. The van der Waals surface area contributed by atoms with Gasteiger partial charge >= 0.3 is 0 Å². The number of aryl methyl sites for hydroxylation is 1. The van der Waals surface area contributed by atoms with E-state index in [1.54, 1.807) is 6.20 Å². The molecule has 0 radical (unpaired) electrons. The molecule has 3 aromatic rings. The van der Waals surface area contributed by atoms with Crippen LogP contribution in [0.1, 0.15) is 18.3 Å². The number of benzene rings is 1. The van der Waals surface area contributed by atoms with E-state index < -0.39 is 0 Å². The van der Waals surface area contributed by atoms with Crippen molar-refractivity contribution in [2.75, 3.05) is 6.61 Å². The van der Waals surface area contributed by atoms with Crippen molar-refractivity contribution < 1.29 is 4.74 Å². The van der Waals surface area contributed by atoms with Crippen LogP contribution in [0.15, 0.2) is 48.9 Å². The summed E-state index contributed by atoms with van der Waals surface area (Å²) in [5.74, 6) is 1.60. The van der Waals surface area contributed by atoms with Crippen LogP contribution in [-0.4, -0.2) is 21.1 Å². The molecule has 0 spiro atoms. The number of hydrogen-bond donors (Lipinski definition) is 0. The van der Waals surface area contributed by atoms with Gasteiger partial charge in [0.2, 0.25) is 5.88 Å². The molecular weight excluding hydrogens is 310 g/mol. The van der Waals surface area contributed by atoms with E-state index in [2.05, 4.69) is 20.6 Å². The molecule has 0 saturated carbocycles. The maximum absolute atomic E-state index is 6.13. The second-order valence-electron chi connectivity index (χ2n) is 5.24. The summed E-state index contributed by atoms with van der Waals surface area (Å²) in [5.41, 5.74) is 3.03. The third kappa shape index (κ3) is 3.54. The summed E-state index contributed by atoms with van der Waals surface area (Å²) in [7, 11) is 0. The first-order chi connectivity index (χ1) is 11.2. The first-order valence-electron chi connectivity index (χ1n) is 7.52. The van der Waals surface area contributed by atoms with Gasteiger partial charge in [0.15, 0.2) is 0 Å². The Hall–Kier alpha value is -2.33. The van der Waals surface area contributed by atoms with Gasteiger partial charge in [0.1, 0.15) is 5.82 Å². The Morgan fingerprint density at radius 1 is 1.22 bits per heavy atom. The maximum Gasteiger partial charge on any atom is 0.221 e. The summed E-state index contributed by atoms with van der Waals surface area (Å²) in [6.45, 7) is 5.23. The van der Waals surface area contributed by atoms with Crippen LogP contribution in [0.5, 0.6) is 5.88 Å². The molecule has 1 aromatic carbocycles. The van der Waals surface area contributed by atoms with E-state index in [1.165, 1.54) is 0 Å². The molecule has 0 aliphatic heterocycles. The molecule has 0 N–H and O–H groups in total. The van der Waals surface area contributed by atoms with Crippen LogP contribution in [0.25, 0.3) is 11.1 Å². The predicted molar refractivity (Wildman–Crippen MR) is 91.9 cm³/mol. The Balaban J connectivity index is 2.01. The molecule has 0 atom stereocenters. The number of ether oxygens (including phenoxy) is 1. The summed E-state index contributed by atoms with van der Waals surface area (Å²) < 4.78 is 7.75. The molecule has 4 nitrogen and oxygen atoms in total. The van der Waals surface area contributed by atoms with Gasteiger partial charge in [0.25, 0.3) is 0 Å². The normalized spacial score (nSPS) is 10.7. The predicted octanol–water partition coefficient (Wildman–Crippen LogP) is 4.35. The highest BCUT2D eigenvalue weighted by atomic mass is 35.5. The van der Waals surface area contributed by atoms with Crippen LogP contribution in [0.4, 0.5) is 0 Å². The average molecular weight is 328 g/mol. The van der Waals surface area contributed by atoms with Crippen molar-refractivity contribution in [2.24, 2.45) is 0 Å². The standard InChI is InChI=1S/C18H18ClN3O/c1-3-23-18-17(15-5-4-6-16(19)10-15)9-14(11-21-18)12-22-8-7-20-13(22)2/h4-11H,3,12H2,1-2H3. The van der Waals surface area contributed by atoms with Crippen molar-refractivity contribution in [1.82, 2.24) is 14.5 Å². The molecule has 0 amide bonds. The lowest BCUT2D eigenvalue weighted by Gasteiger charge is -2.12. The smallest absolute Gasteiger partial charge is 0.221 e. The number of nitrogens with zero attached hydrogens (tertiary/aromatic N) is 3. The number of hydrogen-bond acceptors (Lipinski definition) is 3. The summed E-state index contributed by atoms with van der Waals surface area (Å²) >= 11 is 6.13. The average Bonchev–Trinajstić information content (AvgIpc) is 2.94. The highest BCUT2D eigenvalue weighted by molar-refractivity contribution is 6.30. The fraction of sp³-hybridized carbons (Fsp3) is 0.222. The lowest BCUT2D eigenvalue weighted by atomic mass is 10.1. The van der Waals surface area contributed by atoms with Crippen LogP contribution in [0.2, 0.25) is 5.02 Å². The van der Waals surface area contributed by atoms with E-state index in [-0.39, 0.29) is 0 Å². The van der Waals surface area contributed by atoms with Gasteiger partial charge < -0.3 is 9.30 Å². The molecule has 0 saturated heterocycles. The SMILES string of the molecule is CCOc1ncc(Cn2ccnc2C)cc1-c1cccc(Cl)c1. The Bertz CT molecular complexity index is 814. The van der Waals surface area contributed by atoms with E-state index in [9.17, 15) is 0 Å². The van der Waals surface area contributed by atoms with Crippen molar-refractivity contribution in [1.29, 1.82) is 0 Å². The topological polar surface area (TPSA) is 39.9 Å². The van der Waals surface area contributed by atoms with Crippen molar-refractivity contribution in [3.05, 3.63) is 65.3 Å². The third-order valence-electron chi connectivity index (χ3n) is 3.60. The molecule has 0 fully saturated rings. The van der Waals surface area contributed by atoms with Crippen molar-refractivity contribution >= 4 is 11.6 Å². The first kappa shape index (κ1) is 15.6. The molecule has 0 unspecified atom stereocenters. The van der Waals surface area contributed by atoms with Crippen molar-refractivity contribution in [3.8, 4) is 17.0 Å². The molecule has 5 heteroatoms. The Morgan fingerprint density at radius 2 is 2.09 bits per heavy atom. The van der Waals surface area contributed by atoms with Gasteiger partial charge in [0.05, 0.1) is 13.2 Å². The highest BCUT2D eigenvalue weighted by Crippen LogP contribution is 2.31. The van der Waals surface area contributed by atoms with E-state index in [0.717, 1.165) is 29.1 Å². The molecule has 0 aliphatic carbocycles. The number of imidazole rings is 1. The molecule has 2 heterocycles. The van der Waals surface area contributed by atoms with Crippen LogP contribution in [-0.2, 0) is 6.54 Å². The van der Waals surface area contributed by atoms with Gasteiger partial charge in [-0.25, -0.2) is 9.97 Å².